The van der Waals surface area contributed by atoms with E-state index in [1.54, 1.807) is 18.4 Å². The van der Waals surface area contributed by atoms with Crippen molar-refractivity contribution in [3.05, 3.63) is 22.4 Å². The third kappa shape index (κ3) is 6.03. The van der Waals surface area contributed by atoms with Crippen LogP contribution >= 0.6 is 11.3 Å². The van der Waals surface area contributed by atoms with Gasteiger partial charge in [0.25, 0.3) is 0 Å². The molecule has 0 aromatic carbocycles. The number of hydrogen-bond acceptors (Lipinski definition) is 4. The minimum absolute atomic E-state index is 0.0544. The summed E-state index contributed by atoms with van der Waals surface area (Å²) in [6.07, 6.45) is 2.98. The van der Waals surface area contributed by atoms with E-state index in [0.29, 0.717) is 13.2 Å². The zero-order chi connectivity index (χ0) is 14.8. The Hall–Kier alpha value is -0.910. The maximum Gasteiger partial charge on any atom is 0.236 e. The lowest BCUT2D eigenvalue weighted by Gasteiger charge is -2.21. The third-order valence-corrected chi connectivity index (χ3v) is 4.12. The van der Waals surface area contributed by atoms with Crippen molar-refractivity contribution in [2.75, 3.05) is 20.3 Å². The molecule has 2 unspecified atom stereocenters. The molecular weight excluding hydrogens is 272 g/mol. The standard InChI is InChI=1S/C15H26N2O2S/c1-4-7-13(14-8-5-11-20-14)17-12(2)15(18)16-9-6-10-19-3/h5,8,11-13,17H,4,6-7,9-10H2,1-3H3,(H,16,18). The van der Waals surface area contributed by atoms with Gasteiger partial charge in [0.2, 0.25) is 5.91 Å². The summed E-state index contributed by atoms with van der Waals surface area (Å²) in [4.78, 5) is 13.3. The maximum absolute atomic E-state index is 12.0. The monoisotopic (exact) mass is 298 g/mol. The van der Waals surface area contributed by atoms with E-state index in [1.807, 2.05) is 6.92 Å². The molecule has 114 valence electrons. The quantitative estimate of drug-likeness (QED) is 0.653. The second kappa shape index (κ2) is 9.91. The van der Waals surface area contributed by atoms with Gasteiger partial charge < -0.3 is 10.1 Å². The normalized spacial score (nSPS) is 13.9. The van der Waals surface area contributed by atoms with Crippen LogP contribution in [0.15, 0.2) is 17.5 Å². The molecule has 20 heavy (non-hydrogen) atoms. The fourth-order valence-electron chi connectivity index (χ4n) is 2.04. The van der Waals surface area contributed by atoms with Crippen molar-refractivity contribution >= 4 is 17.2 Å². The van der Waals surface area contributed by atoms with Gasteiger partial charge in [0.05, 0.1) is 6.04 Å². The summed E-state index contributed by atoms with van der Waals surface area (Å²) in [6, 6.07) is 4.26. The summed E-state index contributed by atoms with van der Waals surface area (Å²) in [5.74, 6) is 0.0544. The van der Waals surface area contributed by atoms with Crippen molar-refractivity contribution in [1.29, 1.82) is 0 Å². The molecule has 0 bridgehead atoms. The minimum atomic E-state index is -0.184. The fraction of sp³-hybridized carbons (Fsp3) is 0.667. The van der Waals surface area contributed by atoms with E-state index >= 15 is 0 Å². The lowest BCUT2D eigenvalue weighted by molar-refractivity contribution is -0.123. The molecule has 0 aliphatic carbocycles. The molecule has 0 saturated heterocycles. The highest BCUT2D eigenvalue weighted by atomic mass is 32.1. The Morgan fingerprint density at radius 2 is 2.30 bits per heavy atom. The van der Waals surface area contributed by atoms with Crippen molar-refractivity contribution in [2.45, 2.75) is 45.2 Å². The fourth-order valence-corrected chi connectivity index (χ4v) is 2.87. The lowest BCUT2D eigenvalue weighted by Crippen LogP contribution is -2.44. The van der Waals surface area contributed by atoms with Gasteiger partial charge in [0, 0.05) is 31.2 Å². The molecule has 0 aliphatic heterocycles. The average Bonchev–Trinajstić information content (AvgIpc) is 2.96. The minimum Gasteiger partial charge on any atom is -0.385 e. The number of ether oxygens (including phenoxy) is 1. The highest BCUT2D eigenvalue weighted by Gasteiger charge is 2.18. The summed E-state index contributed by atoms with van der Waals surface area (Å²) < 4.78 is 4.96. The van der Waals surface area contributed by atoms with Crippen molar-refractivity contribution < 1.29 is 9.53 Å². The van der Waals surface area contributed by atoms with Crippen molar-refractivity contribution in [3.63, 3.8) is 0 Å². The van der Waals surface area contributed by atoms with Crippen LogP contribution in [-0.2, 0) is 9.53 Å². The van der Waals surface area contributed by atoms with Crippen LogP contribution in [0.2, 0.25) is 0 Å². The van der Waals surface area contributed by atoms with Crippen LogP contribution in [-0.4, -0.2) is 32.2 Å². The largest absolute Gasteiger partial charge is 0.385 e. The van der Waals surface area contributed by atoms with E-state index in [2.05, 4.69) is 35.1 Å². The highest BCUT2D eigenvalue weighted by Crippen LogP contribution is 2.23. The number of rotatable bonds is 10. The van der Waals surface area contributed by atoms with Crippen molar-refractivity contribution in [3.8, 4) is 0 Å². The first-order valence-corrected chi connectivity index (χ1v) is 8.13. The molecular formula is C15H26N2O2S. The maximum atomic E-state index is 12.0. The summed E-state index contributed by atoms with van der Waals surface area (Å²) in [6.45, 7) is 5.42. The topological polar surface area (TPSA) is 50.4 Å². The molecule has 2 N–H and O–H groups in total. The van der Waals surface area contributed by atoms with E-state index in [9.17, 15) is 4.79 Å². The van der Waals surface area contributed by atoms with Crippen molar-refractivity contribution in [2.24, 2.45) is 0 Å². The average molecular weight is 298 g/mol. The molecule has 1 rings (SSSR count). The Morgan fingerprint density at radius 3 is 2.90 bits per heavy atom. The van der Waals surface area contributed by atoms with Gasteiger partial charge in [0.1, 0.15) is 0 Å². The Morgan fingerprint density at radius 1 is 1.50 bits per heavy atom. The van der Waals surface area contributed by atoms with Crippen LogP contribution < -0.4 is 10.6 Å². The molecule has 0 spiro atoms. The number of amides is 1. The number of methoxy groups -OCH3 is 1. The second-order valence-electron chi connectivity index (χ2n) is 4.88. The first-order valence-electron chi connectivity index (χ1n) is 7.25. The van der Waals surface area contributed by atoms with Crippen LogP contribution in [0.3, 0.4) is 0 Å². The van der Waals surface area contributed by atoms with Gasteiger partial charge >= 0.3 is 0 Å². The number of thiophene rings is 1. The van der Waals surface area contributed by atoms with Crippen molar-refractivity contribution in [1.82, 2.24) is 10.6 Å². The van der Waals surface area contributed by atoms with Crippen LogP contribution in [0, 0.1) is 0 Å². The Bertz CT molecular complexity index is 368. The molecule has 1 aromatic heterocycles. The van der Waals surface area contributed by atoms with E-state index in [-0.39, 0.29) is 18.0 Å². The van der Waals surface area contributed by atoms with E-state index in [4.69, 9.17) is 4.74 Å². The molecule has 4 nitrogen and oxygen atoms in total. The van der Waals surface area contributed by atoms with Gasteiger partial charge in [-0.1, -0.05) is 19.4 Å². The lowest BCUT2D eigenvalue weighted by atomic mass is 10.1. The predicted octanol–water partition coefficient (Wildman–Crippen LogP) is 2.72. The molecule has 0 fully saturated rings. The van der Waals surface area contributed by atoms with Crippen LogP contribution in [0.25, 0.3) is 0 Å². The molecule has 2 atom stereocenters. The molecule has 1 amide bonds. The zero-order valence-electron chi connectivity index (χ0n) is 12.6. The van der Waals surface area contributed by atoms with E-state index < -0.39 is 0 Å². The van der Waals surface area contributed by atoms with Gasteiger partial charge in [-0.3, -0.25) is 10.1 Å². The van der Waals surface area contributed by atoms with Crippen LogP contribution in [0.4, 0.5) is 0 Å². The van der Waals surface area contributed by atoms with E-state index in [1.165, 1.54) is 4.88 Å². The molecule has 0 saturated carbocycles. The van der Waals surface area contributed by atoms with Gasteiger partial charge in [0.15, 0.2) is 0 Å². The van der Waals surface area contributed by atoms with Gasteiger partial charge in [-0.25, -0.2) is 0 Å². The highest BCUT2D eigenvalue weighted by molar-refractivity contribution is 7.10. The Kier molecular flexibility index (Phi) is 8.49. The van der Waals surface area contributed by atoms with E-state index in [0.717, 1.165) is 19.3 Å². The SMILES string of the molecule is CCCC(NC(C)C(=O)NCCCOC)c1cccs1. The van der Waals surface area contributed by atoms with Gasteiger partial charge in [-0.2, -0.15) is 0 Å². The third-order valence-electron chi connectivity index (χ3n) is 3.13. The van der Waals surface area contributed by atoms with Gasteiger partial charge in [-0.15, -0.1) is 11.3 Å². The first kappa shape index (κ1) is 17.1. The Labute approximate surface area is 125 Å². The van der Waals surface area contributed by atoms with Gasteiger partial charge in [-0.05, 0) is 31.2 Å². The smallest absolute Gasteiger partial charge is 0.236 e. The molecule has 1 aromatic rings. The van der Waals surface area contributed by atoms with Crippen LogP contribution in [0.1, 0.15) is 44.0 Å². The number of carbonyl (C=O) groups is 1. The van der Waals surface area contributed by atoms with Crippen LogP contribution in [0.5, 0.6) is 0 Å². The summed E-state index contributed by atoms with van der Waals surface area (Å²) >= 11 is 1.74. The molecule has 5 heteroatoms. The molecule has 0 aliphatic rings. The first-order chi connectivity index (χ1) is 9.69. The molecule has 0 radical (unpaired) electrons. The molecule has 1 heterocycles. The zero-order valence-corrected chi connectivity index (χ0v) is 13.5. The number of hydrogen-bond donors (Lipinski definition) is 2. The number of carbonyl (C=O) groups excluding carboxylic acids is 1. The number of nitrogens with one attached hydrogen (secondary N) is 2. The Balaban J connectivity index is 2.41. The second-order valence-corrected chi connectivity index (χ2v) is 5.86. The summed E-state index contributed by atoms with van der Waals surface area (Å²) in [5.41, 5.74) is 0. The summed E-state index contributed by atoms with van der Waals surface area (Å²) in [7, 11) is 1.67. The summed E-state index contributed by atoms with van der Waals surface area (Å²) in [5, 5.41) is 8.44. The predicted molar refractivity (Wildman–Crippen MR) is 84.1 cm³/mol.